The molecular weight excluding hydrogens is 266 g/mol. The van der Waals surface area contributed by atoms with Gasteiger partial charge in [0.25, 0.3) is 0 Å². The Bertz CT molecular complexity index is 604. The summed E-state index contributed by atoms with van der Waals surface area (Å²) in [7, 11) is -3.72. The van der Waals surface area contributed by atoms with Crippen LogP contribution in [0.2, 0.25) is 0 Å². The highest BCUT2D eigenvalue weighted by Gasteiger charge is 2.37. The Morgan fingerprint density at radius 2 is 1.84 bits per heavy atom. The number of amides is 2. The van der Waals surface area contributed by atoms with Crippen molar-refractivity contribution in [2.45, 2.75) is 36.3 Å². The molecule has 1 aliphatic rings. The molecule has 1 atom stereocenters. The van der Waals surface area contributed by atoms with E-state index in [1.54, 1.807) is 12.1 Å². The van der Waals surface area contributed by atoms with Crippen LogP contribution in [0.15, 0.2) is 29.2 Å². The van der Waals surface area contributed by atoms with Gasteiger partial charge in [-0.15, -0.1) is 0 Å². The molecule has 1 aromatic carbocycles. The van der Waals surface area contributed by atoms with Crippen molar-refractivity contribution >= 4 is 21.7 Å². The molecule has 19 heavy (non-hydrogen) atoms. The van der Waals surface area contributed by atoms with Crippen molar-refractivity contribution in [3.05, 3.63) is 29.8 Å². The molecule has 102 valence electrons. The van der Waals surface area contributed by atoms with Gasteiger partial charge in [-0.3, -0.25) is 14.9 Å². The predicted octanol–water partition coefficient (Wildman–Crippen LogP) is 0.828. The first-order chi connectivity index (χ1) is 8.95. The second kappa shape index (κ2) is 5.13. The first-order valence-electron chi connectivity index (χ1n) is 6.11. The first kappa shape index (κ1) is 13.7. The molecule has 0 aliphatic carbocycles. The number of imide groups is 1. The summed E-state index contributed by atoms with van der Waals surface area (Å²) in [5, 5.41) is 0.902. The average Bonchev–Trinajstić information content (AvgIpc) is 2.38. The van der Waals surface area contributed by atoms with Crippen molar-refractivity contribution < 1.29 is 18.0 Å². The van der Waals surface area contributed by atoms with Crippen molar-refractivity contribution in [3.63, 3.8) is 0 Å². The molecule has 0 spiro atoms. The van der Waals surface area contributed by atoms with E-state index >= 15 is 0 Å². The lowest BCUT2D eigenvalue weighted by Crippen LogP contribution is -2.47. The van der Waals surface area contributed by atoms with Gasteiger partial charge >= 0.3 is 0 Å². The van der Waals surface area contributed by atoms with Crippen molar-refractivity contribution in [2.24, 2.45) is 0 Å². The lowest BCUT2D eigenvalue weighted by Gasteiger charge is -2.21. The van der Waals surface area contributed by atoms with Gasteiger partial charge in [0.05, 0.1) is 4.90 Å². The molecule has 1 unspecified atom stereocenters. The Morgan fingerprint density at radius 1 is 1.21 bits per heavy atom. The third kappa shape index (κ3) is 2.68. The largest absolute Gasteiger partial charge is 0.295 e. The lowest BCUT2D eigenvalue weighted by molar-refractivity contribution is -0.132. The van der Waals surface area contributed by atoms with E-state index in [1.807, 2.05) is 6.92 Å². The van der Waals surface area contributed by atoms with Gasteiger partial charge in [-0.25, -0.2) is 8.42 Å². The van der Waals surface area contributed by atoms with E-state index in [2.05, 4.69) is 5.32 Å². The van der Waals surface area contributed by atoms with Gasteiger partial charge in [0, 0.05) is 6.42 Å². The van der Waals surface area contributed by atoms with Crippen molar-refractivity contribution in [1.82, 2.24) is 5.32 Å². The summed E-state index contributed by atoms with van der Waals surface area (Å²) in [6.07, 6.45) is 0.921. The zero-order valence-electron chi connectivity index (χ0n) is 10.5. The third-order valence-electron chi connectivity index (χ3n) is 3.22. The molecule has 0 radical (unpaired) electrons. The number of carbonyl (C=O) groups excluding carboxylic acids is 2. The Morgan fingerprint density at radius 3 is 2.37 bits per heavy atom. The van der Waals surface area contributed by atoms with E-state index in [-0.39, 0.29) is 17.7 Å². The van der Waals surface area contributed by atoms with Gasteiger partial charge in [0.15, 0.2) is 9.84 Å². The molecule has 6 heteroatoms. The molecule has 1 saturated heterocycles. The lowest BCUT2D eigenvalue weighted by atomic mass is 10.1. The smallest absolute Gasteiger partial charge is 0.245 e. The Balaban J connectivity index is 2.31. The van der Waals surface area contributed by atoms with Gasteiger partial charge in [-0.05, 0) is 30.5 Å². The molecule has 0 bridgehead atoms. The number of hydrogen-bond donors (Lipinski definition) is 1. The number of nitrogens with one attached hydrogen (secondary N) is 1. The minimum atomic E-state index is -3.72. The number of piperidine rings is 1. The molecular formula is C13H15NO4S. The van der Waals surface area contributed by atoms with Gasteiger partial charge in [-0.2, -0.15) is 0 Å². The molecule has 0 saturated carbocycles. The number of aryl methyl sites for hydroxylation is 1. The highest BCUT2D eigenvalue weighted by atomic mass is 32.2. The van der Waals surface area contributed by atoms with E-state index in [1.165, 1.54) is 12.1 Å². The SMILES string of the molecule is CCc1ccc(S(=O)(=O)C2CCC(=O)NC2=O)cc1. The number of sulfone groups is 1. The highest BCUT2D eigenvalue weighted by molar-refractivity contribution is 7.92. The van der Waals surface area contributed by atoms with Crippen molar-refractivity contribution in [2.75, 3.05) is 0 Å². The highest BCUT2D eigenvalue weighted by Crippen LogP contribution is 2.22. The summed E-state index contributed by atoms with van der Waals surface area (Å²) >= 11 is 0. The minimum absolute atomic E-state index is 0.0442. The van der Waals surface area contributed by atoms with Crippen LogP contribution in [0.3, 0.4) is 0 Å². The van der Waals surface area contributed by atoms with Crippen LogP contribution in [0.1, 0.15) is 25.3 Å². The summed E-state index contributed by atoms with van der Waals surface area (Å²) in [5.74, 6) is -1.14. The summed E-state index contributed by atoms with van der Waals surface area (Å²) in [6.45, 7) is 1.98. The van der Waals surface area contributed by atoms with Crippen LogP contribution in [-0.4, -0.2) is 25.5 Å². The molecule has 2 amide bonds. The maximum atomic E-state index is 12.3. The normalized spacial score (nSPS) is 20.2. The van der Waals surface area contributed by atoms with E-state index in [4.69, 9.17) is 0 Å². The first-order valence-corrected chi connectivity index (χ1v) is 7.66. The fourth-order valence-electron chi connectivity index (χ4n) is 2.05. The average molecular weight is 281 g/mol. The zero-order valence-corrected chi connectivity index (χ0v) is 11.4. The maximum absolute atomic E-state index is 12.3. The van der Waals surface area contributed by atoms with Crippen LogP contribution >= 0.6 is 0 Å². The maximum Gasteiger partial charge on any atom is 0.245 e. The second-order valence-corrected chi connectivity index (χ2v) is 6.61. The minimum Gasteiger partial charge on any atom is -0.295 e. The molecule has 1 aromatic rings. The van der Waals surface area contributed by atoms with Gasteiger partial charge < -0.3 is 0 Å². The number of benzene rings is 1. The number of carbonyl (C=O) groups is 2. The fraction of sp³-hybridized carbons (Fsp3) is 0.385. The van der Waals surface area contributed by atoms with E-state index in [9.17, 15) is 18.0 Å². The molecule has 1 aliphatic heterocycles. The predicted molar refractivity (Wildman–Crippen MR) is 69.2 cm³/mol. The summed E-state index contributed by atoms with van der Waals surface area (Å²) in [5.41, 5.74) is 1.03. The van der Waals surface area contributed by atoms with Crippen molar-refractivity contribution in [3.8, 4) is 0 Å². The van der Waals surface area contributed by atoms with E-state index in [0.29, 0.717) is 0 Å². The van der Waals surface area contributed by atoms with Crippen LogP contribution in [0.4, 0.5) is 0 Å². The van der Waals surface area contributed by atoms with Crippen LogP contribution in [0.25, 0.3) is 0 Å². The zero-order chi connectivity index (χ0) is 14.0. The fourth-order valence-corrected chi connectivity index (χ4v) is 3.66. The van der Waals surface area contributed by atoms with E-state index < -0.39 is 26.9 Å². The molecule has 2 rings (SSSR count). The summed E-state index contributed by atoms with van der Waals surface area (Å²) < 4.78 is 24.7. The van der Waals surface area contributed by atoms with Crippen LogP contribution in [-0.2, 0) is 25.8 Å². The number of rotatable bonds is 3. The van der Waals surface area contributed by atoms with Crippen LogP contribution in [0, 0.1) is 0 Å². The molecule has 0 aromatic heterocycles. The quantitative estimate of drug-likeness (QED) is 0.832. The van der Waals surface area contributed by atoms with Gasteiger partial charge in [0.2, 0.25) is 11.8 Å². The van der Waals surface area contributed by atoms with Gasteiger partial charge in [-0.1, -0.05) is 19.1 Å². The van der Waals surface area contributed by atoms with Crippen LogP contribution in [0.5, 0.6) is 0 Å². The molecule has 1 fully saturated rings. The van der Waals surface area contributed by atoms with E-state index in [0.717, 1.165) is 12.0 Å². The standard InChI is InChI=1S/C13H15NO4S/c1-2-9-3-5-10(6-4-9)19(17,18)11-7-8-12(15)14-13(11)16/h3-6,11H,2,7-8H2,1H3,(H,14,15,16). The monoisotopic (exact) mass is 281 g/mol. The van der Waals surface area contributed by atoms with Crippen molar-refractivity contribution in [1.29, 1.82) is 0 Å². The van der Waals surface area contributed by atoms with Crippen LogP contribution < -0.4 is 5.32 Å². The molecule has 5 nitrogen and oxygen atoms in total. The Kier molecular flexibility index (Phi) is 3.71. The summed E-state index contributed by atoms with van der Waals surface area (Å²) in [4.78, 5) is 22.8. The Labute approximate surface area is 111 Å². The van der Waals surface area contributed by atoms with Gasteiger partial charge in [0.1, 0.15) is 5.25 Å². The third-order valence-corrected chi connectivity index (χ3v) is 5.35. The molecule has 1 N–H and O–H groups in total. The molecule has 1 heterocycles. The summed E-state index contributed by atoms with van der Waals surface area (Å²) in [6, 6.07) is 6.49. The number of hydrogen-bond acceptors (Lipinski definition) is 4. The second-order valence-electron chi connectivity index (χ2n) is 4.48. The topological polar surface area (TPSA) is 80.3 Å². The Hall–Kier alpha value is -1.69.